The smallest absolute Gasteiger partial charge is 0.232 e. The van der Waals surface area contributed by atoms with Crippen LogP contribution < -0.4 is 9.21 Å². The van der Waals surface area contributed by atoms with Gasteiger partial charge in [-0.3, -0.25) is 9.10 Å². The second-order valence-electron chi connectivity index (χ2n) is 6.76. The van der Waals surface area contributed by atoms with E-state index >= 15 is 0 Å². The standard InChI is InChI=1S/C18H29N3O3S/c1-4-19-11-13-20(14-12-19)18(22)9-6-10-21(25(3,23)24)17-8-5-7-16(2)15-17/h5,7-8,15H,4,6,9-14H2,1-3H3/p+1. The molecule has 1 fully saturated rings. The minimum absolute atomic E-state index is 0.132. The first-order valence-electron chi connectivity index (χ1n) is 8.97. The Morgan fingerprint density at radius 1 is 1.28 bits per heavy atom. The molecule has 0 spiro atoms. The molecule has 1 amide bonds. The van der Waals surface area contributed by atoms with Gasteiger partial charge in [-0.15, -0.1) is 0 Å². The number of nitrogens with one attached hydrogen (secondary N) is 1. The lowest BCUT2D eigenvalue weighted by molar-refractivity contribution is -0.902. The van der Waals surface area contributed by atoms with Crippen LogP contribution in [0.1, 0.15) is 25.3 Å². The van der Waals surface area contributed by atoms with Gasteiger partial charge < -0.3 is 9.80 Å². The van der Waals surface area contributed by atoms with Gasteiger partial charge in [-0.2, -0.15) is 0 Å². The van der Waals surface area contributed by atoms with E-state index in [1.54, 1.807) is 6.07 Å². The molecule has 0 bridgehead atoms. The fourth-order valence-corrected chi connectivity index (χ4v) is 4.18. The number of amides is 1. The average molecular weight is 369 g/mol. The molecule has 1 aromatic rings. The van der Waals surface area contributed by atoms with E-state index in [2.05, 4.69) is 6.92 Å². The van der Waals surface area contributed by atoms with Crippen molar-refractivity contribution >= 4 is 21.6 Å². The normalized spacial score (nSPS) is 16.0. The van der Waals surface area contributed by atoms with E-state index in [1.807, 2.05) is 30.0 Å². The molecule has 0 aliphatic carbocycles. The molecule has 0 aromatic heterocycles. The van der Waals surface area contributed by atoms with Gasteiger partial charge in [0.15, 0.2) is 0 Å². The zero-order chi connectivity index (χ0) is 18.4. The number of piperazine rings is 1. The van der Waals surface area contributed by atoms with E-state index in [0.717, 1.165) is 38.3 Å². The summed E-state index contributed by atoms with van der Waals surface area (Å²) in [4.78, 5) is 15.8. The van der Waals surface area contributed by atoms with Gasteiger partial charge in [-0.1, -0.05) is 12.1 Å². The summed E-state index contributed by atoms with van der Waals surface area (Å²) < 4.78 is 25.6. The Balaban J connectivity index is 1.90. The molecule has 6 nitrogen and oxygen atoms in total. The number of rotatable bonds is 7. The molecule has 140 valence electrons. The summed E-state index contributed by atoms with van der Waals surface area (Å²) in [6.07, 6.45) is 2.13. The van der Waals surface area contributed by atoms with Gasteiger partial charge in [-0.25, -0.2) is 8.42 Å². The Kier molecular flexibility index (Phi) is 6.84. The van der Waals surface area contributed by atoms with Crippen LogP contribution in [0.4, 0.5) is 5.69 Å². The highest BCUT2D eigenvalue weighted by Crippen LogP contribution is 2.19. The Hall–Kier alpha value is -1.60. The number of sulfonamides is 1. The van der Waals surface area contributed by atoms with Crippen molar-refractivity contribution in [1.29, 1.82) is 0 Å². The lowest BCUT2D eigenvalue weighted by atomic mass is 10.2. The van der Waals surface area contributed by atoms with E-state index in [0.29, 0.717) is 25.1 Å². The first-order valence-corrected chi connectivity index (χ1v) is 10.8. The number of hydrogen-bond donors (Lipinski definition) is 1. The summed E-state index contributed by atoms with van der Waals surface area (Å²) in [7, 11) is -3.36. The molecular weight excluding hydrogens is 338 g/mol. The third-order valence-corrected chi connectivity index (χ3v) is 5.96. The van der Waals surface area contributed by atoms with Crippen LogP contribution in [-0.2, 0) is 14.8 Å². The molecule has 1 N–H and O–H groups in total. The molecule has 0 atom stereocenters. The van der Waals surface area contributed by atoms with E-state index in [9.17, 15) is 13.2 Å². The molecule has 7 heteroatoms. The summed E-state index contributed by atoms with van der Waals surface area (Å²) in [5.41, 5.74) is 1.67. The number of nitrogens with zero attached hydrogens (tertiary/aromatic N) is 2. The largest absolute Gasteiger partial charge is 0.332 e. The van der Waals surface area contributed by atoms with Crippen molar-refractivity contribution in [3.8, 4) is 0 Å². The number of carbonyl (C=O) groups excluding carboxylic acids is 1. The highest BCUT2D eigenvalue weighted by atomic mass is 32.2. The van der Waals surface area contributed by atoms with E-state index in [1.165, 1.54) is 15.5 Å². The second-order valence-corrected chi connectivity index (χ2v) is 8.67. The van der Waals surface area contributed by atoms with Gasteiger partial charge in [0, 0.05) is 13.0 Å². The van der Waals surface area contributed by atoms with Crippen molar-refractivity contribution in [2.24, 2.45) is 0 Å². The molecule has 1 aromatic carbocycles. The van der Waals surface area contributed by atoms with Crippen molar-refractivity contribution < 1.29 is 18.1 Å². The summed E-state index contributed by atoms with van der Waals surface area (Å²) in [5, 5.41) is 0. The number of carbonyl (C=O) groups is 1. The molecule has 1 saturated heterocycles. The number of aryl methyl sites for hydroxylation is 1. The van der Waals surface area contributed by atoms with Gasteiger partial charge in [0.25, 0.3) is 0 Å². The average Bonchev–Trinajstić information content (AvgIpc) is 2.57. The summed E-state index contributed by atoms with van der Waals surface area (Å²) in [5.74, 6) is 0.132. The minimum atomic E-state index is -3.36. The molecule has 1 aliphatic rings. The quantitative estimate of drug-likeness (QED) is 0.752. The van der Waals surface area contributed by atoms with Gasteiger partial charge in [0.2, 0.25) is 15.9 Å². The zero-order valence-electron chi connectivity index (χ0n) is 15.5. The highest BCUT2D eigenvalue weighted by molar-refractivity contribution is 7.92. The predicted octanol–water partition coefficient (Wildman–Crippen LogP) is 0.288. The third-order valence-electron chi connectivity index (χ3n) is 4.77. The molecule has 0 radical (unpaired) electrons. The first-order chi connectivity index (χ1) is 11.8. The predicted molar refractivity (Wildman–Crippen MR) is 100 cm³/mol. The molecular formula is C18H30N3O3S+. The Bertz CT molecular complexity index is 683. The van der Waals surface area contributed by atoms with E-state index < -0.39 is 10.0 Å². The van der Waals surface area contributed by atoms with E-state index in [4.69, 9.17) is 0 Å². The van der Waals surface area contributed by atoms with Crippen molar-refractivity contribution in [3.05, 3.63) is 29.8 Å². The summed E-state index contributed by atoms with van der Waals surface area (Å²) >= 11 is 0. The van der Waals surface area contributed by atoms with Gasteiger partial charge in [-0.05, 0) is 38.0 Å². The van der Waals surface area contributed by atoms with E-state index in [-0.39, 0.29) is 5.91 Å². The maximum Gasteiger partial charge on any atom is 0.232 e. The van der Waals surface area contributed by atoms with Crippen LogP contribution in [0, 0.1) is 6.92 Å². The lowest BCUT2D eigenvalue weighted by Crippen LogP contribution is -3.14. The number of likely N-dealkylation sites (N-methyl/N-ethyl adjacent to an activating group) is 1. The molecule has 25 heavy (non-hydrogen) atoms. The van der Waals surface area contributed by atoms with Crippen LogP contribution in [0.15, 0.2) is 24.3 Å². The Labute approximate surface area is 151 Å². The highest BCUT2D eigenvalue weighted by Gasteiger charge is 2.23. The van der Waals surface area contributed by atoms with Crippen LogP contribution >= 0.6 is 0 Å². The summed E-state index contributed by atoms with van der Waals surface area (Å²) in [6, 6.07) is 7.44. The number of hydrogen-bond acceptors (Lipinski definition) is 3. The molecule has 1 heterocycles. The van der Waals surface area contributed by atoms with Crippen molar-refractivity contribution in [1.82, 2.24) is 4.90 Å². The number of benzene rings is 1. The maximum atomic E-state index is 12.4. The maximum absolute atomic E-state index is 12.4. The molecule has 2 rings (SSSR count). The zero-order valence-corrected chi connectivity index (χ0v) is 16.3. The topological polar surface area (TPSA) is 62.1 Å². The first kappa shape index (κ1) is 19.7. The minimum Gasteiger partial charge on any atom is -0.332 e. The Morgan fingerprint density at radius 3 is 2.52 bits per heavy atom. The van der Waals surface area contributed by atoms with Crippen LogP contribution in [-0.4, -0.2) is 64.7 Å². The SMILES string of the molecule is CC[NH+]1CCN(C(=O)CCCN(c2cccc(C)c2)S(C)(=O)=O)CC1. The monoisotopic (exact) mass is 368 g/mol. The van der Waals surface area contributed by atoms with Crippen molar-refractivity contribution in [2.75, 3.05) is 49.8 Å². The van der Waals surface area contributed by atoms with Crippen molar-refractivity contribution in [2.45, 2.75) is 26.7 Å². The molecule has 0 unspecified atom stereocenters. The van der Waals surface area contributed by atoms with Gasteiger partial charge in [0.05, 0.1) is 44.7 Å². The number of quaternary nitrogens is 1. The number of anilines is 1. The fraction of sp³-hybridized carbons (Fsp3) is 0.611. The Morgan fingerprint density at radius 2 is 1.96 bits per heavy atom. The van der Waals surface area contributed by atoms with Crippen LogP contribution in [0.5, 0.6) is 0 Å². The fourth-order valence-electron chi connectivity index (χ4n) is 3.23. The van der Waals surface area contributed by atoms with Gasteiger partial charge >= 0.3 is 0 Å². The van der Waals surface area contributed by atoms with Crippen LogP contribution in [0.25, 0.3) is 0 Å². The van der Waals surface area contributed by atoms with Gasteiger partial charge in [0.1, 0.15) is 0 Å². The lowest BCUT2D eigenvalue weighted by Gasteiger charge is -2.32. The van der Waals surface area contributed by atoms with Crippen LogP contribution in [0.2, 0.25) is 0 Å². The molecule has 0 saturated carbocycles. The van der Waals surface area contributed by atoms with Crippen molar-refractivity contribution in [3.63, 3.8) is 0 Å². The summed E-state index contributed by atoms with van der Waals surface area (Å²) in [6.45, 7) is 9.13. The third kappa shape index (κ3) is 5.71. The second kappa shape index (κ2) is 8.67. The van der Waals surface area contributed by atoms with Crippen LogP contribution in [0.3, 0.4) is 0 Å². The molecule has 1 aliphatic heterocycles.